The molecule has 3 fully saturated rings. The Morgan fingerprint density at radius 1 is 1.15 bits per heavy atom. The summed E-state index contributed by atoms with van der Waals surface area (Å²) in [5.74, 6) is -0.117. The van der Waals surface area contributed by atoms with E-state index in [4.69, 9.17) is 4.74 Å². The highest BCUT2D eigenvalue weighted by atomic mass is 16.5. The van der Waals surface area contributed by atoms with Crippen molar-refractivity contribution >= 4 is 23.7 Å². The van der Waals surface area contributed by atoms with Crippen LogP contribution >= 0.6 is 0 Å². The van der Waals surface area contributed by atoms with Gasteiger partial charge in [0.2, 0.25) is 11.9 Å². The van der Waals surface area contributed by atoms with Crippen molar-refractivity contribution in [3.05, 3.63) is 18.5 Å². The zero-order valence-electron chi connectivity index (χ0n) is 15.2. The first-order valence-corrected chi connectivity index (χ1v) is 9.70. The average Bonchev–Trinajstić information content (AvgIpc) is 3.30. The van der Waals surface area contributed by atoms with Crippen LogP contribution in [0.25, 0.3) is 0 Å². The maximum atomic E-state index is 12.8. The fourth-order valence-electron chi connectivity index (χ4n) is 4.60. The fraction of sp³-hybridized carbons (Fsp3) is 0.632. The molecule has 3 atom stereocenters. The van der Waals surface area contributed by atoms with Crippen LogP contribution in [0.2, 0.25) is 0 Å². The van der Waals surface area contributed by atoms with E-state index < -0.39 is 17.9 Å². The summed E-state index contributed by atoms with van der Waals surface area (Å²) in [6.45, 7) is 0.0205. The number of esters is 1. The van der Waals surface area contributed by atoms with Gasteiger partial charge in [-0.15, -0.1) is 0 Å². The second-order valence-corrected chi connectivity index (χ2v) is 7.47. The lowest BCUT2D eigenvalue weighted by Gasteiger charge is -2.33. The Morgan fingerprint density at radius 2 is 1.93 bits per heavy atom. The molecule has 1 aromatic heterocycles. The maximum Gasteiger partial charge on any atom is 0.329 e. The van der Waals surface area contributed by atoms with E-state index in [0.717, 1.165) is 19.3 Å². The van der Waals surface area contributed by atoms with E-state index in [9.17, 15) is 14.4 Å². The largest absolute Gasteiger partial charge is 0.454 e. The number of aromatic nitrogens is 2. The molecular formula is C19H24N4O4. The summed E-state index contributed by atoms with van der Waals surface area (Å²) < 4.78 is 5.33. The minimum Gasteiger partial charge on any atom is -0.454 e. The van der Waals surface area contributed by atoms with Gasteiger partial charge in [-0.2, -0.15) is 0 Å². The number of amides is 2. The third-order valence-electron chi connectivity index (χ3n) is 5.86. The van der Waals surface area contributed by atoms with E-state index in [1.807, 2.05) is 4.90 Å². The molecule has 3 aliphatic rings. The van der Waals surface area contributed by atoms with Crippen LogP contribution in [0.5, 0.6) is 0 Å². The van der Waals surface area contributed by atoms with Crippen molar-refractivity contribution in [1.29, 1.82) is 0 Å². The number of fused-ring (bicyclic) bond motifs is 1. The predicted octanol–water partition coefficient (Wildman–Crippen LogP) is 1.31. The molecule has 144 valence electrons. The molecule has 2 saturated heterocycles. The number of anilines is 1. The molecule has 2 amide bonds. The van der Waals surface area contributed by atoms with Crippen molar-refractivity contribution in [3.8, 4) is 0 Å². The highest BCUT2D eigenvalue weighted by Crippen LogP contribution is 2.41. The maximum absolute atomic E-state index is 12.8. The van der Waals surface area contributed by atoms with E-state index in [1.165, 1.54) is 11.3 Å². The number of carbonyl (C=O) groups excluding carboxylic acids is 3. The molecule has 1 saturated carbocycles. The molecule has 0 aromatic carbocycles. The third kappa shape index (κ3) is 3.52. The summed E-state index contributed by atoms with van der Waals surface area (Å²) in [5.41, 5.74) is 0. The fourth-order valence-corrected chi connectivity index (χ4v) is 4.60. The van der Waals surface area contributed by atoms with Crippen molar-refractivity contribution in [2.24, 2.45) is 5.92 Å². The van der Waals surface area contributed by atoms with Crippen molar-refractivity contribution in [2.75, 3.05) is 18.1 Å². The van der Waals surface area contributed by atoms with Gasteiger partial charge in [0.1, 0.15) is 6.04 Å². The monoisotopic (exact) mass is 372 g/mol. The van der Waals surface area contributed by atoms with E-state index >= 15 is 0 Å². The molecular weight excluding hydrogens is 348 g/mol. The van der Waals surface area contributed by atoms with Crippen molar-refractivity contribution < 1.29 is 19.1 Å². The van der Waals surface area contributed by atoms with Gasteiger partial charge in [0.15, 0.2) is 6.61 Å². The van der Waals surface area contributed by atoms with E-state index in [2.05, 4.69) is 9.97 Å². The SMILES string of the molecule is O=C(OCC(=O)N1CCCC1=O)C1CC2CCCCC2N1c1ncccn1. The molecule has 27 heavy (non-hydrogen) atoms. The smallest absolute Gasteiger partial charge is 0.329 e. The standard InChI is InChI=1S/C19H24N4O4/c24-16-7-3-10-22(16)17(25)12-27-18(26)15-11-13-5-1-2-6-14(13)23(15)19-20-8-4-9-21-19/h4,8-9,13-15H,1-3,5-7,10-12H2. The Labute approximate surface area is 157 Å². The van der Waals surface area contributed by atoms with Gasteiger partial charge in [0.25, 0.3) is 5.91 Å². The molecule has 0 spiro atoms. The van der Waals surface area contributed by atoms with Crippen molar-refractivity contribution in [3.63, 3.8) is 0 Å². The Bertz CT molecular complexity index is 726. The van der Waals surface area contributed by atoms with E-state index in [-0.39, 0.29) is 18.6 Å². The number of ether oxygens (including phenoxy) is 1. The van der Waals surface area contributed by atoms with Crippen LogP contribution in [0.4, 0.5) is 5.95 Å². The number of nitrogens with zero attached hydrogens (tertiary/aromatic N) is 4. The number of rotatable bonds is 4. The van der Waals surface area contributed by atoms with Crippen LogP contribution in [-0.2, 0) is 19.1 Å². The highest BCUT2D eigenvalue weighted by molar-refractivity contribution is 5.98. The van der Waals surface area contributed by atoms with Crippen molar-refractivity contribution in [1.82, 2.24) is 14.9 Å². The predicted molar refractivity (Wildman–Crippen MR) is 95.6 cm³/mol. The Hall–Kier alpha value is -2.51. The lowest BCUT2D eigenvalue weighted by atomic mass is 9.85. The number of carbonyl (C=O) groups is 3. The Kier molecular flexibility index (Phi) is 5.05. The molecule has 1 aromatic rings. The zero-order chi connectivity index (χ0) is 18.8. The summed E-state index contributed by atoms with van der Waals surface area (Å²) in [4.78, 5) is 48.5. The van der Waals surface area contributed by atoms with Gasteiger partial charge in [-0.25, -0.2) is 14.8 Å². The van der Waals surface area contributed by atoms with E-state index in [1.54, 1.807) is 18.5 Å². The normalized spacial score (nSPS) is 27.6. The van der Waals surface area contributed by atoms with Gasteiger partial charge < -0.3 is 9.64 Å². The molecule has 3 heterocycles. The first-order chi connectivity index (χ1) is 13.1. The van der Waals surface area contributed by atoms with Gasteiger partial charge in [0, 0.05) is 31.4 Å². The number of likely N-dealkylation sites (tertiary alicyclic amines) is 1. The summed E-state index contributed by atoms with van der Waals surface area (Å²) in [7, 11) is 0. The molecule has 0 bridgehead atoms. The average molecular weight is 372 g/mol. The van der Waals surface area contributed by atoms with Crippen LogP contribution in [-0.4, -0.2) is 57.9 Å². The minimum absolute atomic E-state index is 0.192. The molecule has 8 nitrogen and oxygen atoms in total. The number of imide groups is 1. The molecule has 1 aliphatic carbocycles. The van der Waals surface area contributed by atoms with Gasteiger partial charge >= 0.3 is 5.97 Å². The molecule has 8 heteroatoms. The van der Waals surface area contributed by atoms with Crippen LogP contribution in [0.15, 0.2) is 18.5 Å². The number of hydrogen-bond acceptors (Lipinski definition) is 7. The first kappa shape index (κ1) is 17.9. The second-order valence-electron chi connectivity index (χ2n) is 7.47. The molecule has 3 unspecified atom stereocenters. The van der Waals surface area contributed by atoms with Crippen LogP contribution in [0.1, 0.15) is 44.9 Å². The van der Waals surface area contributed by atoms with Gasteiger partial charge in [0.05, 0.1) is 0 Å². The van der Waals surface area contributed by atoms with Crippen LogP contribution in [0.3, 0.4) is 0 Å². The van der Waals surface area contributed by atoms with Crippen LogP contribution in [0, 0.1) is 5.92 Å². The van der Waals surface area contributed by atoms with Gasteiger partial charge in [-0.3, -0.25) is 14.5 Å². The topological polar surface area (TPSA) is 92.7 Å². The summed E-state index contributed by atoms with van der Waals surface area (Å²) >= 11 is 0. The Balaban J connectivity index is 1.46. The second kappa shape index (κ2) is 7.62. The van der Waals surface area contributed by atoms with Gasteiger partial charge in [-0.1, -0.05) is 12.8 Å². The highest BCUT2D eigenvalue weighted by Gasteiger charge is 2.47. The number of hydrogen-bond donors (Lipinski definition) is 0. The molecule has 0 radical (unpaired) electrons. The molecule has 0 N–H and O–H groups in total. The third-order valence-corrected chi connectivity index (χ3v) is 5.86. The van der Waals surface area contributed by atoms with E-state index in [0.29, 0.717) is 37.7 Å². The quantitative estimate of drug-likeness (QED) is 0.736. The summed E-state index contributed by atoms with van der Waals surface area (Å²) in [6, 6.07) is 1.49. The summed E-state index contributed by atoms with van der Waals surface area (Å²) in [5, 5.41) is 0. The zero-order valence-corrected chi connectivity index (χ0v) is 15.2. The minimum atomic E-state index is -0.484. The van der Waals surface area contributed by atoms with Gasteiger partial charge in [-0.05, 0) is 37.7 Å². The lowest BCUT2D eigenvalue weighted by molar-refractivity contribution is -0.155. The molecule has 4 rings (SSSR count). The first-order valence-electron chi connectivity index (χ1n) is 9.70. The van der Waals surface area contributed by atoms with Crippen LogP contribution < -0.4 is 4.90 Å². The Morgan fingerprint density at radius 3 is 2.67 bits per heavy atom. The van der Waals surface area contributed by atoms with Crippen molar-refractivity contribution in [2.45, 2.75) is 57.0 Å². The summed E-state index contributed by atoms with van der Waals surface area (Å²) in [6.07, 6.45) is 9.47. The lowest BCUT2D eigenvalue weighted by Crippen LogP contribution is -2.45. The molecule has 2 aliphatic heterocycles.